The van der Waals surface area contributed by atoms with Gasteiger partial charge in [-0.2, -0.15) is 5.10 Å². The van der Waals surface area contributed by atoms with E-state index in [9.17, 15) is 4.79 Å². The van der Waals surface area contributed by atoms with Crippen molar-refractivity contribution in [1.29, 1.82) is 0 Å². The molecule has 3 heterocycles. The summed E-state index contributed by atoms with van der Waals surface area (Å²) in [5.41, 5.74) is 4.20. The fourth-order valence-electron chi connectivity index (χ4n) is 2.48. The summed E-state index contributed by atoms with van der Waals surface area (Å²) >= 11 is 0. The Labute approximate surface area is 116 Å². The van der Waals surface area contributed by atoms with Crippen LogP contribution in [0.5, 0.6) is 0 Å². The number of ether oxygens (including phenoxy) is 1. The third-order valence-corrected chi connectivity index (χ3v) is 3.47. The number of nitrogens with one attached hydrogen (secondary N) is 1. The summed E-state index contributed by atoms with van der Waals surface area (Å²) in [5.74, 6) is -0.282. The number of esters is 1. The zero-order valence-electron chi connectivity index (χ0n) is 11.3. The van der Waals surface area contributed by atoms with Gasteiger partial charge in [0, 0.05) is 48.7 Å². The Kier molecular flexibility index (Phi) is 3.47. The summed E-state index contributed by atoms with van der Waals surface area (Å²) in [6.45, 7) is 1.83. The lowest BCUT2D eigenvalue weighted by molar-refractivity contribution is -0.141. The SMILES string of the molecule is COC(=O)Cn1nc(-c2ccncc2)c2c1CCNC2. The van der Waals surface area contributed by atoms with Crippen molar-refractivity contribution in [2.24, 2.45) is 0 Å². The molecule has 0 aromatic carbocycles. The van der Waals surface area contributed by atoms with Crippen LogP contribution >= 0.6 is 0 Å². The Bertz CT molecular complexity index is 622. The van der Waals surface area contributed by atoms with Crippen LogP contribution in [-0.4, -0.2) is 34.4 Å². The summed E-state index contributed by atoms with van der Waals surface area (Å²) in [5, 5.41) is 7.94. The van der Waals surface area contributed by atoms with Gasteiger partial charge >= 0.3 is 5.97 Å². The molecule has 0 amide bonds. The quantitative estimate of drug-likeness (QED) is 0.836. The topological polar surface area (TPSA) is 69.0 Å². The molecule has 1 N–H and O–H groups in total. The van der Waals surface area contributed by atoms with Crippen molar-refractivity contribution in [2.75, 3.05) is 13.7 Å². The van der Waals surface area contributed by atoms with Crippen molar-refractivity contribution in [3.05, 3.63) is 35.8 Å². The van der Waals surface area contributed by atoms with Gasteiger partial charge in [-0.25, -0.2) is 0 Å². The van der Waals surface area contributed by atoms with E-state index in [0.29, 0.717) is 0 Å². The monoisotopic (exact) mass is 272 g/mol. The molecular weight excluding hydrogens is 256 g/mol. The van der Waals surface area contributed by atoms with Gasteiger partial charge in [0.25, 0.3) is 0 Å². The predicted molar refractivity (Wildman–Crippen MR) is 72.9 cm³/mol. The van der Waals surface area contributed by atoms with Crippen molar-refractivity contribution in [3.63, 3.8) is 0 Å². The molecule has 0 fully saturated rings. The minimum atomic E-state index is -0.282. The van der Waals surface area contributed by atoms with E-state index in [1.807, 2.05) is 12.1 Å². The normalized spacial score (nSPS) is 13.8. The van der Waals surface area contributed by atoms with Crippen LogP contribution in [0.15, 0.2) is 24.5 Å². The minimum absolute atomic E-state index is 0.157. The lowest BCUT2D eigenvalue weighted by atomic mass is 10.0. The van der Waals surface area contributed by atoms with Crippen molar-refractivity contribution in [3.8, 4) is 11.3 Å². The molecule has 3 rings (SSSR count). The van der Waals surface area contributed by atoms with Crippen LogP contribution < -0.4 is 5.32 Å². The van der Waals surface area contributed by atoms with E-state index in [-0.39, 0.29) is 12.5 Å². The Balaban J connectivity index is 2.05. The largest absolute Gasteiger partial charge is 0.468 e. The second kappa shape index (κ2) is 5.42. The van der Waals surface area contributed by atoms with Gasteiger partial charge in [0.1, 0.15) is 6.54 Å². The standard InChI is InChI=1S/C14H16N4O2/c1-20-13(19)9-18-12-4-7-16-8-11(12)14(17-18)10-2-5-15-6-3-10/h2-3,5-6,16H,4,7-9H2,1H3. The number of carbonyl (C=O) groups excluding carboxylic acids is 1. The third kappa shape index (κ3) is 2.30. The number of fused-ring (bicyclic) bond motifs is 1. The number of aromatic nitrogens is 3. The highest BCUT2D eigenvalue weighted by molar-refractivity contribution is 5.70. The molecular formula is C14H16N4O2. The average molecular weight is 272 g/mol. The molecule has 1 aliphatic heterocycles. The van der Waals surface area contributed by atoms with Crippen LogP contribution in [0.4, 0.5) is 0 Å². The molecule has 0 saturated heterocycles. The Hall–Kier alpha value is -2.21. The van der Waals surface area contributed by atoms with Gasteiger partial charge in [-0.05, 0) is 12.1 Å². The summed E-state index contributed by atoms with van der Waals surface area (Å²) in [4.78, 5) is 15.5. The Morgan fingerprint density at radius 3 is 3.00 bits per heavy atom. The molecule has 104 valence electrons. The minimum Gasteiger partial charge on any atom is -0.468 e. The molecule has 2 aromatic heterocycles. The van der Waals surface area contributed by atoms with E-state index < -0.39 is 0 Å². The first kappa shape index (κ1) is 12.8. The first-order chi connectivity index (χ1) is 9.79. The van der Waals surface area contributed by atoms with E-state index in [0.717, 1.165) is 42.0 Å². The number of nitrogens with zero attached hydrogens (tertiary/aromatic N) is 3. The number of hydrogen-bond donors (Lipinski definition) is 1. The highest BCUT2D eigenvalue weighted by atomic mass is 16.5. The van der Waals surface area contributed by atoms with Crippen molar-refractivity contribution >= 4 is 5.97 Å². The third-order valence-electron chi connectivity index (χ3n) is 3.47. The zero-order chi connectivity index (χ0) is 13.9. The van der Waals surface area contributed by atoms with Crippen LogP contribution in [-0.2, 0) is 29.0 Å². The van der Waals surface area contributed by atoms with E-state index in [4.69, 9.17) is 4.74 Å². The van der Waals surface area contributed by atoms with Gasteiger partial charge in [-0.15, -0.1) is 0 Å². The molecule has 2 aromatic rings. The van der Waals surface area contributed by atoms with Crippen LogP contribution in [0, 0.1) is 0 Å². The second-order valence-corrected chi connectivity index (χ2v) is 4.67. The van der Waals surface area contributed by atoms with Gasteiger partial charge < -0.3 is 10.1 Å². The highest BCUT2D eigenvalue weighted by Gasteiger charge is 2.22. The maximum Gasteiger partial charge on any atom is 0.327 e. The molecule has 1 aliphatic rings. The number of rotatable bonds is 3. The smallest absolute Gasteiger partial charge is 0.327 e. The first-order valence-electron chi connectivity index (χ1n) is 6.56. The molecule has 6 heteroatoms. The average Bonchev–Trinajstić information content (AvgIpc) is 2.87. The predicted octanol–water partition coefficient (Wildman–Crippen LogP) is 0.764. The molecule has 0 spiro atoms. The van der Waals surface area contributed by atoms with E-state index in [2.05, 4.69) is 15.4 Å². The fourth-order valence-corrected chi connectivity index (χ4v) is 2.48. The van der Waals surface area contributed by atoms with E-state index in [1.165, 1.54) is 7.11 Å². The van der Waals surface area contributed by atoms with Crippen molar-refractivity contribution < 1.29 is 9.53 Å². The second-order valence-electron chi connectivity index (χ2n) is 4.67. The highest BCUT2D eigenvalue weighted by Crippen LogP contribution is 2.27. The number of pyridine rings is 1. The Morgan fingerprint density at radius 1 is 1.45 bits per heavy atom. The fraction of sp³-hybridized carbons (Fsp3) is 0.357. The van der Waals surface area contributed by atoms with Gasteiger partial charge in [-0.3, -0.25) is 14.5 Å². The van der Waals surface area contributed by atoms with E-state index in [1.54, 1.807) is 17.1 Å². The van der Waals surface area contributed by atoms with Crippen LogP contribution in [0.25, 0.3) is 11.3 Å². The summed E-state index contributed by atoms with van der Waals surface area (Å²) in [6.07, 6.45) is 4.36. The number of methoxy groups -OCH3 is 1. The summed E-state index contributed by atoms with van der Waals surface area (Å²) in [7, 11) is 1.39. The Morgan fingerprint density at radius 2 is 2.25 bits per heavy atom. The zero-order valence-corrected chi connectivity index (χ0v) is 11.3. The van der Waals surface area contributed by atoms with Gasteiger partial charge in [0.05, 0.1) is 12.8 Å². The lowest BCUT2D eigenvalue weighted by Crippen LogP contribution is -2.26. The number of hydrogen-bond acceptors (Lipinski definition) is 5. The molecule has 0 unspecified atom stereocenters. The van der Waals surface area contributed by atoms with Crippen LogP contribution in [0.2, 0.25) is 0 Å². The maximum absolute atomic E-state index is 11.5. The number of carbonyl (C=O) groups is 1. The molecule has 0 saturated carbocycles. The summed E-state index contributed by atoms with van der Waals surface area (Å²) in [6, 6.07) is 3.86. The van der Waals surface area contributed by atoms with Gasteiger partial charge in [0.15, 0.2) is 0 Å². The van der Waals surface area contributed by atoms with Crippen molar-refractivity contribution in [2.45, 2.75) is 19.5 Å². The summed E-state index contributed by atoms with van der Waals surface area (Å²) < 4.78 is 6.50. The van der Waals surface area contributed by atoms with Gasteiger partial charge in [0.2, 0.25) is 0 Å². The molecule has 0 aliphatic carbocycles. The molecule has 0 radical (unpaired) electrons. The molecule has 0 atom stereocenters. The van der Waals surface area contributed by atoms with Crippen molar-refractivity contribution in [1.82, 2.24) is 20.1 Å². The van der Waals surface area contributed by atoms with E-state index >= 15 is 0 Å². The molecule has 6 nitrogen and oxygen atoms in total. The van der Waals surface area contributed by atoms with Crippen LogP contribution in [0.1, 0.15) is 11.3 Å². The lowest BCUT2D eigenvalue weighted by Gasteiger charge is -2.15. The molecule has 0 bridgehead atoms. The maximum atomic E-state index is 11.5. The van der Waals surface area contributed by atoms with Gasteiger partial charge in [-0.1, -0.05) is 0 Å². The molecule has 20 heavy (non-hydrogen) atoms. The first-order valence-corrected chi connectivity index (χ1v) is 6.56. The van der Waals surface area contributed by atoms with Crippen LogP contribution in [0.3, 0.4) is 0 Å².